The maximum Gasteiger partial charge on any atom is 0.488 e. The molecule has 16 heteroatoms. The number of hydrogen-bond acceptors (Lipinski definition) is 10. The van der Waals surface area contributed by atoms with E-state index in [2.05, 4.69) is 72.5 Å². The minimum Gasteiger partial charge on any atom is -0.464 e. The Bertz CT molecular complexity index is 1930. The van der Waals surface area contributed by atoms with Gasteiger partial charge in [-0.2, -0.15) is 0 Å². The van der Waals surface area contributed by atoms with Crippen LogP contribution in [0.15, 0.2) is 99.3 Å². The highest BCUT2D eigenvalue weighted by atomic mass is 79.9. The van der Waals surface area contributed by atoms with Crippen molar-refractivity contribution in [3.05, 3.63) is 111 Å². The van der Waals surface area contributed by atoms with Gasteiger partial charge in [0.1, 0.15) is 10.3 Å². The van der Waals surface area contributed by atoms with Gasteiger partial charge in [-0.15, -0.1) is 0 Å². The number of methoxy groups -OCH3 is 2. The van der Waals surface area contributed by atoms with Crippen LogP contribution in [0.5, 0.6) is 0 Å². The van der Waals surface area contributed by atoms with Crippen molar-refractivity contribution in [3.8, 4) is 11.3 Å². The van der Waals surface area contributed by atoms with E-state index in [1.807, 2.05) is 30.3 Å². The molecule has 12 nitrogen and oxygen atoms in total. The Balaban J connectivity index is 0.000000161. The first-order chi connectivity index (χ1) is 21.1. The van der Waals surface area contributed by atoms with Crippen LogP contribution in [0.25, 0.3) is 22.6 Å². The molecule has 6 rings (SSSR count). The molecule has 2 aromatic carbocycles. The third-order valence-corrected chi connectivity index (χ3v) is 7.26. The molecule has 6 aromatic rings. The van der Waals surface area contributed by atoms with Gasteiger partial charge in [0.2, 0.25) is 0 Å². The second-order valence-corrected chi connectivity index (χ2v) is 11.2. The van der Waals surface area contributed by atoms with Crippen LogP contribution < -0.4 is 5.46 Å². The van der Waals surface area contributed by atoms with Crippen molar-refractivity contribution >= 4 is 83.6 Å². The number of carbonyl (C=O) groups excluding carboxylic acids is 2. The predicted molar refractivity (Wildman–Crippen MR) is 173 cm³/mol. The molecule has 0 unspecified atom stereocenters. The molecule has 224 valence electrons. The van der Waals surface area contributed by atoms with Crippen LogP contribution in [0.4, 0.5) is 0 Å². The summed E-state index contributed by atoms with van der Waals surface area (Å²) in [6, 6.07) is 14.6. The van der Waals surface area contributed by atoms with Gasteiger partial charge in [0.15, 0.2) is 22.7 Å². The highest BCUT2D eigenvalue weighted by molar-refractivity contribution is 9.11. The summed E-state index contributed by atoms with van der Waals surface area (Å²) in [4.78, 5) is 39.6. The second kappa shape index (κ2) is 15.2. The van der Waals surface area contributed by atoms with Crippen molar-refractivity contribution < 1.29 is 29.1 Å². The maximum atomic E-state index is 11.7. The summed E-state index contributed by atoms with van der Waals surface area (Å²) in [6.07, 6.45) is 9.97. The molecular weight excluding hydrogens is 767 g/mol. The normalized spacial score (nSPS) is 10.3. The number of aromatic nitrogens is 6. The largest absolute Gasteiger partial charge is 0.488 e. The van der Waals surface area contributed by atoms with E-state index in [4.69, 9.17) is 14.8 Å². The quantitative estimate of drug-likeness (QED) is 0.195. The number of hydrogen-bond donors (Lipinski definition) is 2. The fourth-order valence-corrected chi connectivity index (χ4v) is 5.04. The smallest absolute Gasteiger partial charge is 0.464 e. The number of benzene rings is 2. The summed E-state index contributed by atoms with van der Waals surface area (Å²) >= 11 is 9.86. The van der Waals surface area contributed by atoms with Crippen molar-refractivity contribution in [2.24, 2.45) is 0 Å². The summed E-state index contributed by atoms with van der Waals surface area (Å²) in [5, 5.41) is 17.4. The Hall–Kier alpha value is -3.96. The Kier molecular flexibility index (Phi) is 11.4. The molecule has 0 amide bonds. The van der Waals surface area contributed by atoms with Gasteiger partial charge >= 0.3 is 19.1 Å². The zero-order chi connectivity index (χ0) is 31.8. The van der Waals surface area contributed by atoms with E-state index in [-0.39, 0.29) is 11.4 Å². The van der Waals surface area contributed by atoms with E-state index in [0.29, 0.717) is 27.1 Å². The van der Waals surface area contributed by atoms with Crippen LogP contribution in [-0.2, 0) is 9.47 Å². The Morgan fingerprint density at radius 1 is 0.773 bits per heavy atom. The van der Waals surface area contributed by atoms with E-state index < -0.39 is 19.1 Å². The van der Waals surface area contributed by atoms with Crippen molar-refractivity contribution in [3.63, 3.8) is 0 Å². The van der Waals surface area contributed by atoms with Crippen molar-refractivity contribution in [2.75, 3.05) is 14.2 Å². The van der Waals surface area contributed by atoms with Gasteiger partial charge in [0.05, 0.1) is 14.2 Å². The standard InChI is InChI=1S/C14H10BrN3O2.C8H6BrN3O2.C6H6BBrO2/c1-20-14(19)11-8-18-6-5-16-13(18)12(17-11)9-3-2-4-10(15)7-9;1-14-8(13)5-4-12-3-2-10-7(12)6(9)11-5;8-6-3-1-2-5(4-6)7(9)10/h2-8H,1H3;2-4H,1H3;1-4,9-10H. The number of halogens is 3. The minimum atomic E-state index is -1.38. The second-order valence-electron chi connectivity index (χ2n) is 8.63. The van der Waals surface area contributed by atoms with Gasteiger partial charge in [-0.1, -0.05) is 56.1 Å². The first kappa shape index (κ1) is 32.9. The molecule has 0 fully saturated rings. The van der Waals surface area contributed by atoms with Crippen LogP contribution in [0.2, 0.25) is 0 Å². The van der Waals surface area contributed by atoms with Crippen LogP contribution in [0, 0.1) is 0 Å². The number of nitrogens with zero attached hydrogens (tertiary/aromatic N) is 6. The summed E-state index contributed by atoms with van der Waals surface area (Å²) in [6.45, 7) is 0. The average Bonchev–Trinajstić information content (AvgIpc) is 3.70. The Morgan fingerprint density at radius 2 is 1.32 bits per heavy atom. The lowest BCUT2D eigenvalue weighted by molar-refractivity contribution is 0.0584. The average molecular weight is 789 g/mol. The van der Waals surface area contributed by atoms with Gasteiger partial charge in [0.25, 0.3) is 0 Å². The van der Waals surface area contributed by atoms with Gasteiger partial charge in [-0.25, -0.2) is 29.5 Å². The number of esters is 2. The van der Waals surface area contributed by atoms with E-state index in [1.54, 1.807) is 64.2 Å². The molecule has 4 aromatic heterocycles. The summed E-state index contributed by atoms with van der Waals surface area (Å²) < 4.78 is 15.0. The van der Waals surface area contributed by atoms with Crippen molar-refractivity contribution in [1.82, 2.24) is 28.7 Å². The zero-order valence-corrected chi connectivity index (χ0v) is 27.8. The van der Waals surface area contributed by atoms with Crippen molar-refractivity contribution in [2.45, 2.75) is 0 Å². The number of carbonyl (C=O) groups is 2. The van der Waals surface area contributed by atoms with E-state index in [1.165, 1.54) is 14.2 Å². The van der Waals surface area contributed by atoms with Crippen LogP contribution in [0.1, 0.15) is 21.0 Å². The number of rotatable bonds is 4. The van der Waals surface area contributed by atoms with Crippen LogP contribution >= 0.6 is 47.8 Å². The molecule has 0 spiro atoms. The molecule has 0 atom stereocenters. The van der Waals surface area contributed by atoms with Gasteiger partial charge < -0.3 is 28.3 Å². The lowest BCUT2D eigenvalue weighted by Gasteiger charge is -2.07. The molecule has 2 N–H and O–H groups in total. The summed E-state index contributed by atoms with van der Waals surface area (Å²) in [5.41, 5.74) is 3.85. The molecule has 0 aliphatic heterocycles. The molecule has 0 saturated heterocycles. The van der Waals surface area contributed by atoms with E-state index in [0.717, 1.165) is 14.5 Å². The first-order valence-electron chi connectivity index (χ1n) is 12.5. The van der Waals surface area contributed by atoms with E-state index >= 15 is 0 Å². The van der Waals surface area contributed by atoms with Crippen molar-refractivity contribution in [1.29, 1.82) is 0 Å². The van der Waals surface area contributed by atoms with Gasteiger partial charge in [-0.05, 0) is 45.7 Å². The van der Waals surface area contributed by atoms with Crippen LogP contribution in [0.3, 0.4) is 0 Å². The summed E-state index contributed by atoms with van der Waals surface area (Å²) in [7, 11) is 1.27. The third-order valence-electron chi connectivity index (χ3n) is 5.74. The fraction of sp³-hybridized carbons (Fsp3) is 0.0714. The lowest BCUT2D eigenvalue weighted by Crippen LogP contribution is -2.29. The first-order valence-corrected chi connectivity index (χ1v) is 14.9. The monoisotopic (exact) mass is 786 g/mol. The topological polar surface area (TPSA) is 153 Å². The van der Waals surface area contributed by atoms with Crippen LogP contribution in [-0.4, -0.2) is 72.1 Å². The molecule has 0 bridgehead atoms. The molecule has 0 aliphatic carbocycles. The Morgan fingerprint density at radius 3 is 1.86 bits per heavy atom. The van der Waals surface area contributed by atoms with Gasteiger partial charge in [0, 0.05) is 51.7 Å². The highest BCUT2D eigenvalue weighted by Gasteiger charge is 2.15. The SMILES string of the molecule is COC(=O)c1cn2ccnc2c(-c2cccc(Br)c2)n1.COC(=O)c1cn2ccnc2c(Br)n1.OB(O)c1cccc(Br)c1. The molecule has 0 radical (unpaired) electrons. The number of ether oxygens (including phenoxy) is 2. The molecular formula is C28H22BBr3N6O6. The molecule has 44 heavy (non-hydrogen) atoms. The van der Waals surface area contributed by atoms with E-state index in [9.17, 15) is 9.59 Å². The molecule has 0 saturated carbocycles. The number of fused-ring (bicyclic) bond motifs is 2. The lowest BCUT2D eigenvalue weighted by atomic mass is 9.81. The Labute approximate surface area is 276 Å². The zero-order valence-electron chi connectivity index (χ0n) is 23.0. The van der Waals surface area contributed by atoms with Gasteiger partial charge in [-0.3, -0.25) is 0 Å². The maximum absolute atomic E-state index is 11.7. The minimum absolute atomic E-state index is 0.241. The highest BCUT2D eigenvalue weighted by Crippen LogP contribution is 2.25. The molecule has 4 heterocycles. The predicted octanol–water partition coefficient (Wildman–Crippen LogP) is 4.35. The third kappa shape index (κ3) is 8.15. The summed E-state index contributed by atoms with van der Waals surface area (Å²) in [5.74, 6) is -0.946. The molecule has 0 aliphatic rings. The fourth-order valence-electron chi connectivity index (χ4n) is 3.73. The number of imidazole rings is 2.